The maximum atomic E-state index is 12.3. The fourth-order valence-corrected chi connectivity index (χ4v) is 3.11. The predicted octanol–water partition coefficient (Wildman–Crippen LogP) is 1.58. The van der Waals surface area contributed by atoms with Gasteiger partial charge in [0.2, 0.25) is 17.7 Å². The molecule has 2 atom stereocenters. The number of para-hydroxylation sites is 2. The van der Waals surface area contributed by atoms with Crippen molar-refractivity contribution in [3.05, 3.63) is 36.4 Å². The Morgan fingerprint density at radius 2 is 1.78 bits per heavy atom. The molecule has 120 valence electrons. The number of hydrogen-bond donors (Lipinski definition) is 1. The third-order valence-corrected chi connectivity index (χ3v) is 4.28. The van der Waals surface area contributed by atoms with Crippen LogP contribution in [0.4, 0.5) is 5.69 Å². The van der Waals surface area contributed by atoms with Gasteiger partial charge in [0.05, 0.1) is 24.6 Å². The van der Waals surface area contributed by atoms with E-state index in [2.05, 4.69) is 5.32 Å². The van der Waals surface area contributed by atoms with Crippen LogP contribution in [0.5, 0.6) is 5.75 Å². The fourth-order valence-electron chi connectivity index (χ4n) is 3.11. The molecule has 1 aliphatic carbocycles. The first-order valence-corrected chi connectivity index (χ1v) is 7.55. The Kier molecular flexibility index (Phi) is 4.14. The summed E-state index contributed by atoms with van der Waals surface area (Å²) >= 11 is 0. The fraction of sp³-hybridized carbons (Fsp3) is 0.353. The highest BCUT2D eigenvalue weighted by molar-refractivity contribution is 6.09. The van der Waals surface area contributed by atoms with Gasteiger partial charge in [0.15, 0.2) is 0 Å². The molecule has 2 aliphatic rings. The zero-order valence-corrected chi connectivity index (χ0v) is 12.8. The maximum Gasteiger partial charge on any atom is 0.244 e. The number of rotatable bonds is 4. The van der Waals surface area contributed by atoms with Crippen LogP contribution in [0.3, 0.4) is 0 Å². The highest BCUT2D eigenvalue weighted by Crippen LogP contribution is 2.35. The number of nitrogens with one attached hydrogen (secondary N) is 1. The maximum absolute atomic E-state index is 12.3. The molecule has 0 saturated carbocycles. The molecule has 6 nitrogen and oxygen atoms in total. The molecule has 0 radical (unpaired) electrons. The molecule has 1 heterocycles. The van der Waals surface area contributed by atoms with E-state index in [1.165, 1.54) is 7.11 Å². The summed E-state index contributed by atoms with van der Waals surface area (Å²) in [5.74, 6) is -1.02. The van der Waals surface area contributed by atoms with Crippen molar-refractivity contribution in [1.29, 1.82) is 0 Å². The molecule has 1 aromatic rings. The van der Waals surface area contributed by atoms with Crippen LogP contribution in [0, 0.1) is 11.8 Å². The van der Waals surface area contributed by atoms with Gasteiger partial charge in [0.1, 0.15) is 12.3 Å². The summed E-state index contributed by atoms with van der Waals surface area (Å²) in [5, 5.41) is 2.69. The number of carbonyl (C=O) groups is 3. The zero-order valence-electron chi connectivity index (χ0n) is 12.8. The summed E-state index contributed by atoms with van der Waals surface area (Å²) in [4.78, 5) is 37.9. The number of carbonyl (C=O) groups excluding carboxylic acids is 3. The number of anilines is 1. The van der Waals surface area contributed by atoms with Gasteiger partial charge in [-0.05, 0) is 25.0 Å². The topological polar surface area (TPSA) is 75.7 Å². The SMILES string of the molecule is COc1ccccc1NC(=O)CN1C(=O)C2CC=CCC2C1=O. The van der Waals surface area contributed by atoms with Gasteiger partial charge in [-0.1, -0.05) is 24.3 Å². The molecule has 3 amide bonds. The second-order valence-corrected chi connectivity index (χ2v) is 5.67. The van der Waals surface area contributed by atoms with Crippen molar-refractivity contribution in [2.75, 3.05) is 19.0 Å². The van der Waals surface area contributed by atoms with Gasteiger partial charge in [0, 0.05) is 0 Å². The van der Waals surface area contributed by atoms with Crippen LogP contribution >= 0.6 is 0 Å². The number of imide groups is 1. The molecule has 0 bridgehead atoms. The van der Waals surface area contributed by atoms with Gasteiger partial charge in [-0.15, -0.1) is 0 Å². The van der Waals surface area contributed by atoms with Gasteiger partial charge in [-0.3, -0.25) is 19.3 Å². The number of fused-ring (bicyclic) bond motifs is 1. The van der Waals surface area contributed by atoms with Crippen LogP contribution in [-0.2, 0) is 14.4 Å². The number of amides is 3. The normalized spacial score (nSPS) is 22.9. The Morgan fingerprint density at radius 1 is 1.17 bits per heavy atom. The molecule has 1 N–H and O–H groups in total. The third kappa shape index (κ3) is 2.84. The summed E-state index contributed by atoms with van der Waals surface area (Å²) in [7, 11) is 1.51. The van der Waals surface area contributed by atoms with Gasteiger partial charge in [0.25, 0.3) is 0 Å². The van der Waals surface area contributed by atoms with E-state index in [9.17, 15) is 14.4 Å². The third-order valence-electron chi connectivity index (χ3n) is 4.28. The lowest BCUT2D eigenvalue weighted by molar-refractivity contribution is -0.142. The molecule has 0 aromatic heterocycles. The average Bonchev–Trinajstić information content (AvgIpc) is 2.81. The van der Waals surface area contributed by atoms with E-state index in [0.717, 1.165) is 4.90 Å². The van der Waals surface area contributed by atoms with Crippen LogP contribution < -0.4 is 10.1 Å². The number of likely N-dealkylation sites (tertiary alicyclic amines) is 1. The molecule has 3 rings (SSSR count). The van der Waals surface area contributed by atoms with Crippen LogP contribution in [0.25, 0.3) is 0 Å². The number of methoxy groups -OCH3 is 1. The molecular formula is C17H18N2O4. The monoisotopic (exact) mass is 314 g/mol. The van der Waals surface area contributed by atoms with Crippen LogP contribution in [0.1, 0.15) is 12.8 Å². The van der Waals surface area contributed by atoms with Crippen molar-refractivity contribution in [3.8, 4) is 5.75 Å². The molecule has 1 aliphatic heterocycles. The summed E-state index contributed by atoms with van der Waals surface area (Å²) in [6, 6.07) is 6.99. The quantitative estimate of drug-likeness (QED) is 0.676. The van der Waals surface area contributed by atoms with E-state index < -0.39 is 5.91 Å². The Hall–Kier alpha value is -2.63. The van der Waals surface area contributed by atoms with Crippen molar-refractivity contribution in [2.24, 2.45) is 11.8 Å². The lowest BCUT2D eigenvalue weighted by Gasteiger charge is -2.15. The Morgan fingerprint density at radius 3 is 2.39 bits per heavy atom. The van der Waals surface area contributed by atoms with Crippen molar-refractivity contribution >= 4 is 23.4 Å². The number of allylic oxidation sites excluding steroid dienone is 2. The van der Waals surface area contributed by atoms with E-state index in [4.69, 9.17) is 4.74 Å². The lowest BCUT2D eigenvalue weighted by Crippen LogP contribution is -2.38. The number of benzene rings is 1. The average molecular weight is 314 g/mol. The Balaban J connectivity index is 1.68. The van der Waals surface area contributed by atoms with Crippen molar-refractivity contribution in [2.45, 2.75) is 12.8 Å². The smallest absolute Gasteiger partial charge is 0.244 e. The first-order valence-electron chi connectivity index (χ1n) is 7.55. The lowest BCUT2D eigenvalue weighted by atomic mass is 9.85. The first kappa shape index (κ1) is 15.3. The van der Waals surface area contributed by atoms with Crippen LogP contribution in [0.2, 0.25) is 0 Å². The molecule has 1 aromatic carbocycles. The summed E-state index contributed by atoms with van der Waals surface area (Å²) in [5.41, 5.74) is 0.512. The second kappa shape index (κ2) is 6.24. The molecule has 2 unspecified atom stereocenters. The summed E-state index contributed by atoms with van der Waals surface area (Å²) in [6.45, 7) is -0.261. The standard InChI is InChI=1S/C17H18N2O4/c1-23-14-9-5-4-8-13(14)18-15(20)10-19-16(21)11-6-2-3-7-12(11)17(19)22/h2-5,8-9,11-12H,6-7,10H2,1H3,(H,18,20). The molecular weight excluding hydrogens is 296 g/mol. The van der Waals surface area contributed by atoms with Gasteiger partial charge in [-0.25, -0.2) is 0 Å². The minimum absolute atomic E-state index is 0.250. The summed E-state index contributed by atoms with van der Waals surface area (Å²) in [6.07, 6.45) is 4.98. The minimum Gasteiger partial charge on any atom is -0.495 e. The van der Waals surface area contributed by atoms with E-state index >= 15 is 0 Å². The zero-order chi connectivity index (χ0) is 16.4. The first-order chi connectivity index (χ1) is 11.1. The Labute approximate surface area is 134 Å². The van der Waals surface area contributed by atoms with Gasteiger partial charge in [-0.2, -0.15) is 0 Å². The van der Waals surface area contributed by atoms with Crippen molar-refractivity contribution < 1.29 is 19.1 Å². The van der Waals surface area contributed by atoms with Crippen molar-refractivity contribution in [1.82, 2.24) is 4.90 Å². The Bertz CT molecular complexity index is 657. The number of nitrogens with zero attached hydrogens (tertiary/aromatic N) is 1. The van der Waals surface area contributed by atoms with Crippen molar-refractivity contribution in [3.63, 3.8) is 0 Å². The molecule has 1 saturated heterocycles. The highest BCUT2D eigenvalue weighted by atomic mass is 16.5. The van der Waals surface area contributed by atoms with E-state index in [1.807, 2.05) is 12.2 Å². The largest absolute Gasteiger partial charge is 0.495 e. The van der Waals surface area contributed by atoms with Gasteiger partial charge < -0.3 is 10.1 Å². The highest BCUT2D eigenvalue weighted by Gasteiger charge is 2.47. The van der Waals surface area contributed by atoms with Gasteiger partial charge >= 0.3 is 0 Å². The predicted molar refractivity (Wildman–Crippen MR) is 83.7 cm³/mol. The van der Waals surface area contributed by atoms with Crippen LogP contribution in [-0.4, -0.2) is 36.3 Å². The molecule has 0 spiro atoms. The molecule has 6 heteroatoms. The summed E-state index contributed by atoms with van der Waals surface area (Å²) < 4.78 is 5.17. The van der Waals surface area contributed by atoms with E-state index in [0.29, 0.717) is 24.3 Å². The second-order valence-electron chi connectivity index (χ2n) is 5.67. The van der Waals surface area contributed by atoms with Crippen LogP contribution in [0.15, 0.2) is 36.4 Å². The molecule has 23 heavy (non-hydrogen) atoms. The van der Waals surface area contributed by atoms with E-state index in [1.54, 1.807) is 24.3 Å². The number of ether oxygens (including phenoxy) is 1. The number of hydrogen-bond acceptors (Lipinski definition) is 4. The minimum atomic E-state index is -0.414. The molecule has 1 fully saturated rings. The van der Waals surface area contributed by atoms with E-state index in [-0.39, 0.29) is 30.2 Å².